The molecule has 44 heavy (non-hydrogen) atoms. The van der Waals surface area contributed by atoms with Crippen LogP contribution in [0.5, 0.6) is 0 Å². The molecule has 1 aromatic heterocycles. The SMILES string of the molecule is C#Cc1ccc(CC)c(C(C)CC)c1.C=C/C=C(\C)c1cc(C)c(N=C(C)C)c(F)c1.CC.Cc1ccc2[nH]c(=O)[nH]c2c1. The Morgan fingerprint density at radius 1 is 1.02 bits per heavy atom. The number of nitrogens with one attached hydrogen (secondary N) is 2. The zero-order chi connectivity index (χ0) is 33.4. The van der Waals surface area contributed by atoms with Crippen molar-refractivity contribution in [1.29, 1.82) is 0 Å². The maximum Gasteiger partial charge on any atom is 0.323 e. The molecule has 0 aliphatic carbocycles. The van der Waals surface area contributed by atoms with Crippen molar-refractivity contribution >= 4 is 28.0 Å². The van der Waals surface area contributed by atoms with Crippen molar-refractivity contribution in [1.82, 2.24) is 9.97 Å². The third kappa shape index (κ3) is 11.3. The van der Waals surface area contributed by atoms with Crippen LogP contribution in [0, 0.1) is 32.0 Å². The van der Waals surface area contributed by atoms with E-state index in [2.05, 4.69) is 60.4 Å². The molecule has 0 bridgehead atoms. The summed E-state index contributed by atoms with van der Waals surface area (Å²) in [5, 5.41) is 0. The van der Waals surface area contributed by atoms with Gasteiger partial charge in [0.25, 0.3) is 0 Å². The number of aromatic nitrogens is 2. The molecule has 5 heteroatoms. The van der Waals surface area contributed by atoms with Crippen molar-refractivity contribution in [2.75, 3.05) is 0 Å². The van der Waals surface area contributed by atoms with E-state index in [1.54, 1.807) is 6.08 Å². The summed E-state index contributed by atoms with van der Waals surface area (Å²) in [4.78, 5) is 20.4. The molecule has 1 heterocycles. The van der Waals surface area contributed by atoms with Crippen LogP contribution in [0.25, 0.3) is 16.6 Å². The van der Waals surface area contributed by atoms with Gasteiger partial charge in [0, 0.05) is 11.3 Å². The lowest BCUT2D eigenvalue weighted by Gasteiger charge is -2.14. The summed E-state index contributed by atoms with van der Waals surface area (Å²) in [6.07, 6.45) is 11.2. The summed E-state index contributed by atoms with van der Waals surface area (Å²) >= 11 is 0. The third-order valence-electron chi connectivity index (χ3n) is 6.92. The Kier molecular flexibility index (Phi) is 16.2. The summed E-state index contributed by atoms with van der Waals surface area (Å²) in [7, 11) is 0. The number of H-pyrrole nitrogens is 2. The summed E-state index contributed by atoms with van der Waals surface area (Å²) in [6.45, 7) is 23.8. The Morgan fingerprint density at radius 2 is 1.68 bits per heavy atom. The number of fused-ring (bicyclic) bond motifs is 1. The van der Waals surface area contributed by atoms with Crippen molar-refractivity contribution in [3.63, 3.8) is 0 Å². The Balaban J connectivity index is 0.000000326. The Hall–Kier alpha value is -4.43. The lowest BCUT2D eigenvalue weighted by atomic mass is 9.91. The zero-order valence-electron chi connectivity index (χ0n) is 28.3. The lowest BCUT2D eigenvalue weighted by Crippen LogP contribution is -1.99. The van der Waals surface area contributed by atoms with E-state index in [0.717, 1.165) is 51.0 Å². The number of allylic oxidation sites excluding steroid dienone is 3. The molecule has 4 aromatic rings. The molecule has 1 atom stereocenters. The van der Waals surface area contributed by atoms with Gasteiger partial charge in [0.1, 0.15) is 11.5 Å². The second-order valence-electron chi connectivity index (χ2n) is 10.6. The monoisotopic (exact) mass is 595 g/mol. The highest BCUT2D eigenvalue weighted by Gasteiger charge is 2.09. The highest BCUT2D eigenvalue weighted by Crippen LogP contribution is 2.28. The topological polar surface area (TPSA) is 61.0 Å². The highest BCUT2D eigenvalue weighted by molar-refractivity contribution is 5.83. The summed E-state index contributed by atoms with van der Waals surface area (Å²) in [6, 6.07) is 15.6. The molecule has 234 valence electrons. The quantitative estimate of drug-likeness (QED) is 0.130. The number of aliphatic imine (C=N–C) groups is 1. The first kappa shape index (κ1) is 37.6. The fourth-order valence-electron chi connectivity index (χ4n) is 4.43. The van der Waals surface area contributed by atoms with E-state index in [9.17, 15) is 9.18 Å². The van der Waals surface area contributed by atoms with E-state index in [1.807, 2.05) is 84.9 Å². The first-order chi connectivity index (χ1) is 20.9. The second kappa shape index (κ2) is 19.0. The second-order valence-corrected chi connectivity index (χ2v) is 10.6. The number of hydrogen-bond acceptors (Lipinski definition) is 2. The molecule has 3 aromatic carbocycles. The molecule has 0 fully saturated rings. The van der Waals surface area contributed by atoms with E-state index >= 15 is 0 Å². The van der Waals surface area contributed by atoms with Gasteiger partial charge in [0.05, 0.1) is 11.0 Å². The van der Waals surface area contributed by atoms with Crippen molar-refractivity contribution in [2.24, 2.45) is 4.99 Å². The number of nitrogens with zero attached hydrogens (tertiary/aromatic N) is 1. The molecule has 0 saturated carbocycles. The lowest BCUT2D eigenvalue weighted by molar-refractivity contribution is 0.628. The third-order valence-corrected chi connectivity index (χ3v) is 6.92. The highest BCUT2D eigenvalue weighted by atomic mass is 19.1. The van der Waals surface area contributed by atoms with Crippen molar-refractivity contribution < 1.29 is 4.39 Å². The maximum absolute atomic E-state index is 13.9. The van der Waals surface area contributed by atoms with Crippen molar-refractivity contribution in [3.05, 3.63) is 117 Å². The van der Waals surface area contributed by atoms with E-state index in [4.69, 9.17) is 6.42 Å². The van der Waals surface area contributed by atoms with Gasteiger partial charge in [-0.05, 0) is 123 Å². The standard InChI is InChI=1S/C15H18FN.C14H18.C8H8N2O.C2H6/c1-6-7-11(4)13-8-12(5)15(14(16)9-13)17-10(2)3;1-5-11(4)14-10-12(6-2)8-9-13(14)7-3;1-5-2-3-6-7(4-5)10-8(11)9-6;1-2/h6-9H,1H2,2-5H3;2,8-11H,5,7H2,1,3-4H3;2-4H,1H3,(H2,9,10,11);1-2H3/b11-7+;;;. The average Bonchev–Trinajstić information content (AvgIpc) is 3.38. The molecule has 1 unspecified atom stereocenters. The largest absolute Gasteiger partial charge is 0.323 e. The Bertz CT molecular complexity index is 1650. The molecule has 0 aliphatic heterocycles. The van der Waals surface area contributed by atoms with Gasteiger partial charge in [-0.15, -0.1) is 6.42 Å². The fourth-order valence-corrected chi connectivity index (χ4v) is 4.43. The first-order valence-corrected chi connectivity index (χ1v) is 15.3. The number of benzene rings is 3. The van der Waals surface area contributed by atoms with E-state index < -0.39 is 0 Å². The van der Waals surface area contributed by atoms with Gasteiger partial charge in [-0.1, -0.05) is 71.4 Å². The maximum atomic E-state index is 13.9. The summed E-state index contributed by atoms with van der Waals surface area (Å²) in [5.74, 6) is 3.03. The average molecular weight is 596 g/mol. The van der Waals surface area contributed by atoms with E-state index in [1.165, 1.54) is 23.6 Å². The predicted molar refractivity (Wildman–Crippen MR) is 191 cm³/mol. The molecular weight excluding hydrogens is 545 g/mol. The minimum atomic E-state index is -0.280. The van der Waals surface area contributed by atoms with E-state index in [0.29, 0.717) is 11.6 Å². The number of aryl methyl sites for hydroxylation is 3. The van der Waals surface area contributed by atoms with Gasteiger partial charge in [0.2, 0.25) is 0 Å². The van der Waals surface area contributed by atoms with Crippen LogP contribution >= 0.6 is 0 Å². The number of halogens is 1. The van der Waals surface area contributed by atoms with E-state index in [-0.39, 0.29) is 11.5 Å². The minimum absolute atomic E-state index is 0.148. The van der Waals surface area contributed by atoms with Gasteiger partial charge in [-0.2, -0.15) is 0 Å². The van der Waals surface area contributed by atoms with Gasteiger partial charge in [-0.25, -0.2) is 9.18 Å². The number of terminal acetylenes is 1. The van der Waals surface area contributed by atoms with Crippen LogP contribution in [0.4, 0.5) is 10.1 Å². The van der Waals surface area contributed by atoms with Gasteiger partial charge < -0.3 is 9.97 Å². The van der Waals surface area contributed by atoms with Crippen LogP contribution in [0.1, 0.15) is 101 Å². The van der Waals surface area contributed by atoms with Gasteiger partial charge >= 0.3 is 5.69 Å². The van der Waals surface area contributed by atoms with Crippen LogP contribution in [-0.2, 0) is 6.42 Å². The first-order valence-electron chi connectivity index (χ1n) is 15.3. The van der Waals surface area contributed by atoms with Crippen molar-refractivity contribution in [2.45, 2.75) is 88.0 Å². The molecule has 0 radical (unpaired) electrons. The molecule has 0 amide bonds. The molecular formula is C39H50FN3O. The Labute approximate surface area is 264 Å². The molecule has 4 nitrogen and oxygen atoms in total. The Morgan fingerprint density at radius 3 is 2.23 bits per heavy atom. The summed E-state index contributed by atoms with van der Waals surface area (Å²) in [5.41, 5.74) is 10.6. The number of imidazole rings is 1. The summed E-state index contributed by atoms with van der Waals surface area (Å²) < 4.78 is 13.9. The normalized spacial score (nSPS) is 11.0. The minimum Gasteiger partial charge on any atom is -0.306 e. The molecule has 0 saturated heterocycles. The number of aromatic amines is 2. The van der Waals surface area contributed by atoms with Gasteiger partial charge in [0.15, 0.2) is 0 Å². The van der Waals surface area contributed by atoms with Crippen LogP contribution in [0.2, 0.25) is 0 Å². The van der Waals surface area contributed by atoms with Crippen LogP contribution in [0.15, 0.2) is 77.0 Å². The fraction of sp³-hybridized carbons (Fsp3) is 0.333. The van der Waals surface area contributed by atoms with Crippen LogP contribution < -0.4 is 5.69 Å². The smallest absolute Gasteiger partial charge is 0.306 e. The predicted octanol–water partition coefficient (Wildman–Crippen LogP) is 10.8. The number of hydrogen-bond donors (Lipinski definition) is 2. The van der Waals surface area contributed by atoms with Gasteiger partial charge in [-0.3, -0.25) is 4.99 Å². The zero-order valence-corrected chi connectivity index (χ0v) is 28.3. The molecule has 2 N–H and O–H groups in total. The van der Waals surface area contributed by atoms with Crippen LogP contribution in [-0.4, -0.2) is 15.7 Å². The molecule has 0 spiro atoms. The number of rotatable bonds is 6. The molecule has 4 rings (SSSR count). The molecule has 0 aliphatic rings. The van der Waals surface area contributed by atoms with Crippen molar-refractivity contribution in [3.8, 4) is 12.3 Å². The van der Waals surface area contributed by atoms with Crippen LogP contribution in [0.3, 0.4) is 0 Å².